The number of aromatic carboxylic acids is 1. The molecule has 0 spiro atoms. The number of aliphatic carboxylic acids is 2. The summed E-state index contributed by atoms with van der Waals surface area (Å²) in [6.45, 7) is -1.27. The molecule has 0 atom stereocenters. The highest BCUT2D eigenvalue weighted by atomic mass is 16.4. The molecule has 0 fully saturated rings. The van der Waals surface area contributed by atoms with E-state index in [1.807, 2.05) is 0 Å². The molecule has 0 aromatic heterocycles. The number of carbonyl (C=O) groups is 3. The van der Waals surface area contributed by atoms with Crippen LogP contribution in [0.15, 0.2) is 18.2 Å². The minimum atomic E-state index is -1.33. The zero-order chi connectivity index (χ0) is 15.3. The van der Waals surface area contributed by atoms with Crippen LogP contribution in [-0.2, 0) is 16.1 Å². The second-order valence-corrected chi connectivity index (χ2v) is 4.05. The van der Waals surface area contributed by atoms with E-state index in [2.05, 4.69) is 0 Å². The second kappa shape index (κ2) is 6.53. The number of hydrogen-bond donors (Lipinski definition) is 4. The molecule has 0 bridgehead atoms. The Morgan fingerprint density at radius 1 is 1.00 bits per heavy atom. The van der Waals surface area contributed by atoms with E-state index < -0.39 is 36.7 Å². The lowest BCUT2D eigenvalue weighted by Crippen LogP contribution is -2.34. The Kier molecular flexibility index (Phi) is 5.04. The van der Waals surface area contributed by atoms with Crippen LogP contribution in [-0.4, -0.2) is 56.3 Å². The predicted octanol–water partition coefficient (Wildman–Crippen LogP) is 0.0616. The average Bonchev–Trinajstić information content (AvgIpc) is 2.29. The van der Waals surface area contributed by atoms with Gasteiger partial charge in [-0.1, -0.05) is 12.1 Å². The zero-order valence-corrected chi connectivity index (χ0v) is 10.3. The number of benzene rings is 1. The summed E-state index contributed by atoms with van der Waals surface area (Å²) in [6, 6.07) is 3.98. The van der Waals surface area contributed by atoms with E-state index in [0.717, 1.165) is 4.90 Å². The van der Waals surface area contributed by atoms with Crippen molar-refractivity contribution in [2.45, 2.75) is 6.54 Å². The summed E-state index contributed by atoms with van der Waals surface area (Å²) in [5, 5.41) is 36.0. The van der Waals surface area contributed by atoms with Crippen molar-refractivity contribution in [1.82, 2.24) is 4.90 Å². The van der Waals surface area contributed by atoms with Gasteiger partial charge in [-0.15, -0.1) is 0 Å². The molecule has 108 valence electrons. The van der Waals surface area contributed by atoms with Gasteiger partial charge in [-0.25, -0.2) is 4.79 Å². The van der Waals surface area contributed by atoms with Gasteiger partial charge in [-0.3, -0.25) is 14.5 Å². The molecule has 8 heteroatoms. The van der Waals surface area contributed by atoms with Crippen LogP contribution in [0.3, 0.4) is 0 Å². The number of carboxylic acid groups (broad SMARTS) is 3. The minimum Gasteiger partial charge on any atom is -0.507 e. The molecule has 0 unspecified atom stereocenters. The molecule has 0 amide bonds. The average molecular weight is 283 g/mol. The maximum Gasteiger partial charge on any atom is 0.339 e. The minimum absolute atomic E-state index is 0.146. The topological polar surface area (TPSA) is 135 Å². The molecule has 0 aliphatic carbocycles. The number of hydrogen-bond acceptors (Lipinski definition) is 5. The van der Waals surface area contributed by atoms with E-state index in [1.165, 1.54) is 18.2 Å². The Hall–Kier alpha value is -2.61. The van der Waals surface area contributed by atoms with Crippen LogP contribution in [0.1, 0.15) is 15.9 Å². The van der Waals surface area contributed by atoms with Crippen LogP contribution in [0.5, 0.6) is 5.75 Å². The molecule has 0 heterocycles. The standard InChI is InChI=1S/C12H13NO7/c14-9(15)5-13(6-10(16)17)4-7-2-1-3-8(11(7)18)12(19)20/h1-3,18H,4-6H2,(H,14,15)(H,16,17)(H,19,20). The number of phenols is 1. The molecular weight excluding hydrogens is 270 g/mol. The van der Waals surface area contributed by atoms with Crippen LogP contribution in [0.25, 0.3) is 0 Å². The first-order chi connectivity index (χ1) is 9.31. The maximum atomic E-state index is 10.9. The highest BCUT2D eigenvalue weighted by Crippen LogP contribution is 2.23. The lowest BCUT2D eigenvalue weighted by Gasteiger charge is -2.19. The predicted molar refractivity (Wildman–Crippen MR) is 65.6 cm³/mol. The lowest BCUT2D eigenvalue weighted by molar-refractivity contribution is -0.142. The summed E-state index contributed by atoms with van der Waals surface area (Å²) >= 11 is 0. The third kappa shape index (κ3) is 4.25. The number of aromatic hydroxyl groups is 1. The third-order valence-electron chi connectivity index (χ3n) is 2.46. The van der Waals surface area contributed by atoms with Gasteiger partial charge in [0.05, 0.1) is 13.1 Å². The van der Waals surface area contributed by atoms with E-state index >= 15 is 0 Å². The van der Waals surface area contributed by atoms with Crippen LogP contribution < -0.4 is 0 Å². The first-order valence-electron chi connectivity index (χ1n) is 5.51. The number of para-hydroxylation sites is 1. The Bertz CT molecular complexity index is 525. The summed E-state index contributed by atoms with van der Waals surface area (Å²) in [5.41, 5.74) is -0.180. The summed E-state index contributed by atoms with van der Waals surface area (Å²) in [6.07, 6.45) is 0. The van der Waals surface area contributed by atoms with Crippen LogP contribution in [0, 0.1) is 0 Å². The SMILES string of the molecule is O=C(O)CN(CC(=O)O)Cc1cccc(C(=O)O)c1O. The van der Waals surface area contributed by atoms with Crippen LogP contribution >= 0.6 is 0 Å². The largest absolute Gasteiger partial charge is 0.507 e. The summed E-state index contributed by atoms with van der Waals surface area (Å²) in [7, 11) is 0. The Morgan fingerprint density at radius 3 is 2.00 bits per heavy atom. The van der Waals surface area contributed by atoms with Crippen LogP contribution in [0.4, 0.5) is 0 Å². The van der Waals surface area contributed by atoms with Gasteiger partial charge in [0.15, 0.2) is 0 Å². The molecule has 0 aliphatic heterocycles. The first-order valence-corrected chi connectivity index (χ1v) is 5.51. The van der Waals surface area contributed by atoms with Crippen molar-refractivity contribution in [1.29, 1.82) is 0 Å². The molecule has 1 aromatic rings. The number of rotatable bonds is 7. The lowest BCUT2D eigenvalue weighted by atomic mass is 10.1. The molecule has 1 aromatic carbocycles. The van der Waals surface area contributed by atoms with Crippen molar-refractivity contribution in [2.24, 2.45) is 0 Å². The molecule has 0 saturated carbocycles. The normalized spacial score (nSPS) is 10.4. The van der Waals surface area contributed by atoms with E-state index in [1.54, 1.807) is 0 Å². The van der Waals surface area contributed by atoms with Gasteiger partial charge < -0.3 is 20.4 Å². The van der Waals surface area contributed by atoms with Crippen molar-refractivity contribution in [3.63, 3.8) is 0 Å². The molecule has 0 radical (unpaired) electrons. The fourth-order valence-electron chi connectivity index (χ4n) is 1.68. The molecular formula is C12H13NO7. The monoisotopic (exact) mass is 283 g/mol. The molecule has 0 aliphatic rings. The van der Waals surface area contributed by atoms with E-state index in [0.29, 0.717) is 0 Å². The second-order valence-electron chi connectivity index (χ2n) is 4.05. The van der Waals surface area contributed by atoms with Crippen molar-refractivity contribution >= 4 is 17.9 Å². The van der Waals surface area contributed by atoms with Gasteiger partial charge >= 0.3 is 17.9 Å². The summed E-state index contributed by atoms with van der Waals surface area (Å²) < 4.78 is 0. The van der Waals surface area contributed by atoms with Crippen molar-refractivity contribution in [3.8, 4) is 5.75 Å². The maximum absolute atomic E-state index is 10.9. The zero-order valence-electron chi connectivity index (χ0n) is 10.3. The molecule has 1 rings (SSSR count). The van der Waals surface area contributed by atoms with Gasteiger partial charge in [0.1, 0.15) is 11.3 Å². The molecule has 4 N–H and O–H groups in total. The Balaban J connectivity index is 2.98. The van der Waals surface area contributed by atoms with Gasteiger partial charge in [-0.2, -0.15) is 0 Å². The Labute approximate surface area is 113 Å². The fraction of sp³-hybridized carbons (Fsp3) is 0.250. The summed E-state index contributed by atoms with van der Waals surface area (Å²) in [4.78, 5) is 33.2. The van der Waals surface area contributed by atoms with Gasteiger partial charge in [0.25, 0.3) is 0 Å². The van der Waals surface area contributed by atoms with Crippen LogP contribution in [0.2, 0.25) is 0 Å². The third-order valence-corrected chi connectivity index (χ3v) is 2.46. The fourth-order valence-corrected chi connectivity index (χ4v) is 1.68. The van der Waals surface area contributed by atoms with E-state index in [-0.39, 0.29) is 17.7 Å². The quantitative estimate of drug-likeness (QED) is 0.551. The highest BCUT2D eigenvalue weighted by molar-refractivity contribution is 5.91. The molecule has 8 nitrogen and oxygen atoms in total. The van der Waals surface area contributed by atoms with Gasteiger partial charge in [-0.05, 0) is 6.07 Å². The van der Waals surface area contributed by atoms with Crippen molar-refractivity contribution < 1.29 is 34.8 Å². The van der Waals surface area contributed by atoms with Crippen molar-refractivity contribution in [2.75, 3.05) is 13.1 Å². The Morgan fingerprint density at radius 2 is 1.55 bits per heavy atom. The first kappa shape index (κ1) is 15.4. The van der Waals surface area contributed by atoms with E-state index in [9.17, 15) is 19.5 Å². The van der Waals surface area contributed by atoms with Crippen molar-refractivity contribution in [3.05, 3.63) is 29.3 Å². The van der Waals surface area contributed by atoms with Gasteiger partial charge in [0, 0.05) is 12.1 Å². The molecule has 0 saturated heterocycles. The smallest absolute Gasteiger partial charge is 0.339 e. The van der Waals surface area contributed by atoms with Gasteiger partial charge in [0.2, 0.25) is 0 Å². The highest BCUT2D eigenvalue weighted by Gasteiger charge is 2.18. The number of carboxylic acids is 3. The summed E-state index contributed by atoms with van der Waals surface area (Å²) in [5.74, 6) is -4.27. The molecule has 20 heavy (non-hydrogen) atoms. The number of nitrogens with zero attached hydrogens (tertiary/aromatic N) is 1. The van der Waals surface area contributed by atoms with E-state index in [4.69, 9.17) is 15.3 Å².